The minimum Gasteiger partial charge on any atom is -0.380 e. The van der Waals surface area contributed by atoms with Crippen molar-refractivity contribution >= 4 is 27.3 Å². The van der Waals surface area contributed by atoms with Gasteiger partial charge in [0.2, 0.25) is 0 Å². The molecule has 0 aliphatic carbocycles. The van der Waals surface area contributed by atoms with Crippen LogP contribution in [0, 0.1) is 5.82 Å². The summed E-state index contributed by atoms with van der Waals surface area (Å²) in [4.78, 5) is 15.3. The third kappa shape index (κ3) is 2.51. The summed E-state index contributed by atoms with van der Waals surface area (Å²) in [6.45, 7) is 1.40. The van der Waals surface area contributed by atoms with E-state index in [0.717, 1.165) is 17.5 Å². The van der Waals surface area contributed by atoms with Gasteiger partial charge in [-0.25, -0.2) is 4.39 Å². The van der Waals surface area contributed by atoms with Crippen LogP contribution in [0.2, 0.25) is 0 Å². The van der Waals surface area contributed by atoms with Crippen molar-refractivity contribution in [2.45, 2.75) is 25.5 Å². The number of halogens is 1. The van der Waals surface area contributed by atoms with Gasteiger partial charge >= 0.3 is 0 Å². The summed E-state index contributed by atoms with van der Waals surface area (Å²) in [5, 5.41) is 0.501. The molecule has 1 aromatic carbocycles. The molecular weight excluding hydrogens is 303 g/mol. The molecule has 1 aliphatic rings. The number of methoxy groups -OCH3 is 1. The zero-order valence-corrected chi connectivity index (χ0v) is 13.3. The van der Waals surface area contributed by atoms with Crippen LogP contribution in [0.5, 0.6) is 0 Å². The molecule has 0 spiro atoms. The Kier molecular flexibility index (Phi) is 4.42. The third-order valence-corrected chi connectivity index (χ3v) is 5.34. The second kappa shape index (κ2) is 6.32. The molecule has 1 aromatic heterocycles. The zero-order valence-electron chi connectivity index (χ0n) is 12.5. The van der Waals surface area contributed by atoms with E-state index in [9.17, 15) is 9.18 Å². The van der Waals surface area contributed by atoms with Crippen LogP contribution in [0.4, 0.5) is 4.39 Å². The molecule has 1 unspecified atom stereocenters. The van der Waals surface area contributed by atoms with E-state index in [1.165, 1.54) is 17.4 Å². The number of nitrogens with zero attached hydrogens (tertiary/aromatic N) is 1. The fraction of sp³-hybridized carbons (Fsp3) is 0.438. The van der Waals surface area contributed by atoms with Gasteiger partial charge in [0, 0.05) is 41.9 Å². The molecule has 2 N–H and O–H groups in total. The maximum atomic E-state index is 14.2. The highest BCUT2D eigenvalue weighted by atomic mass is 32.1. The molecule has 22 heavy (non-hydrogen) atoms. The number of rotatable bonds is 4. The van der Waals surface area contributed by atoms with Crippen LogP contribution in [0.1, 0.15) is 28.1 Å². The van der Waals surface area contributed by atoms with E-state index in [4.69, 9.17) is 10.5 Å². The van der Waals surface area contributed by atoms with Crippen LogP contribution in [0.25, 0.3) is 10.1 Å². The summed E-state index contributed by atoms with van der Waals surface area (Å²) in [5.41, 5.74) is 6.41. The first-order valence-electron chi connectivity index (χ1n) is 7.37. The first-order chi connectivity index (χ1) is 10.7. The van der Waals surface area contributed by atoms with Crippen molar-refractivity contribution in [2.24, 2.45) is 5.73 Å². The van der Waals surface area contributed by atoms with Gasteiger partial charge in [0.1, 0.15) is 5.82 Å². The van der Waals surface area contributed by atoms with Crippen molar-refractivity contribution in [3.05, 3.63) is 34.5 Å². The first-order valence-corrected chi connectivity index (χ1v) is 8.19. The third-order valence-electron chi connectivity index (χ3n) is 4.16. The van der Waals surface area contributed by atoms with Crippen LogP contribution >= 0.6 is 11.3 Å². The van der Waals surface area contributed by atoms with E-state index >= 15 is 0 Å². The van der Waals surface area contributed by atoms with E-state index in [1.807, 2.05) is 11.0 Å². The predicted octanol–water partition coefficient (Wildman–Crippen LogP) is 2.75. The molecule has 1 saturated heterocycles. The Hall–Kier alpha value is -1.50. The van der Waals surface area contributed by atoms with E-state index < -0.39 is 0 Å². The van der Waals surface area contributed by atoms with Crippen molar-refractivity contribution in [1.82, 2.24) is 4.90 Å². The monoisotopic (exact) mass is 322 g/mol. The van der Waals surface area contributed by atoms with Crippen LogP contribution in [-0.2, 0) is 11.3 Å². The first kappa shape index (κ1) is 15.4. The van der Waals surface area contributed by atoms with Crippen molar-refractivity contribution in [2.75, 3.05) is 20.2 Å². The summed E-state index contributed by atoms with van der Waals surface area (Å²) in [7, 11) is 1.55. The number of amides is 1. The Labute approximate surface area is 132 Å². The summed E-state index contributed by atoms with van der Waals surface area (Å²) >= 11 is 1.33. The topological polar surface area (TPSA) is 55.6 Å². The number of carbonyl (C=O) groups is 1. The van der Waals surface area contributed by atoms with Gasteiger partial charge in [-0.1, -0.05) is 6.07 Å². The number of nitrogens with two attached hydrogens (primary N) is 1. The van der Waals surface area contributed by atoms with Gasteiger partial charge < -0.3 is 15.4 Å². The van der Waals surface area contributed by atoms with E-state index in [-0.39, 0.29) is 24.4 Å². The SMILES string of the molecule is COCc1c(C(=O)N2CCCC2CN)sc2cccc(F)c12. The number of likely N-dealkylation sites (tertiary alicyclic amines) is 1. The van der Waals surface area contributed by atoms with Crippen molar-refractivity contribution in [1.29, 1.82) is 0 Å². The molecule has 1 fully saturated rings. The molecule has 118 valence electrons. The van der Waals surface area contributed by atoms with Gasteiger partial charge in [0.25, 0.3) is 5.91 Å². The molecule has 2 heterocycles. The number of thiophene rings is 1. The highest BCUT2D eigenvalue weighted by Gasteiger charge is 2.31. The molecule has 4 nitrogen and oxygen atoms in total. The highest BCUT2D eigenvalue weighted by molar-refractivity contribution is 7.21. The lowest BCUT2D eigenvalue weighted by Gasteiger charge is -2.23. The number of hydrogen-bond acceptors (Lipinski definition) is 4. The van der Waals surface area contributed by atoms with Crippen LogP contribution in [0.3, 0.4) is 0 Å². The minimum atomic E-state index is -0.309. The number of hydrogen-bond donors (Lipinski definition) is 1. The van der Waals surface area contributed by atoms with Crippen LogP contribution in [-0.4, -0.2) is 37.0 Å². The Balaban J connectivity index is 2.08. The van der Waals surface area contributed by atoms with Gasteiger partial charge in [0.15, 0.2) is 0 Å². The standard InChI is InChI=1S/C16H19FN2O2S/c1-21-9-11-14-12(17)5-2-6-13(14)22-15(11)16(20)19-7-3-4-10(19)8-18/h2,5-6,10H,3-4,7-9,18H2,1H3. The number of fused-ring (bicyclic) bond motifs is 1. The number of benzene rings is 1. The largest absolute Gasteiger partial charge is 0.380 e. The molecule has 1 aliphatic heterocycles. The van der Waals surface area contributed by atoms with Crippen molar-refractivity contribution < 1.29 is 13.9 Å². The lowest BCUT2D eigenvalue weighted by Crippen LogP contribution is -2.39. The smallest absolute Gasteiger partial charge is 0.264 e. The van der Waals surface area contributed by atoms with Gasteiger partial charge in [0.05, 0.1) is 11.5 Å². The molecule has 0 radical (unpaired) electrons. The molecule has 1 atom stereocenters. The molecule has 6 heteroatoms. The Morgan fingerprint density at radius 2 is 2.36 bits per heavy atom. The predicted molar refractivity (Wildman–Crippen MR) is 85.6 cm³/mol. The van der Waals surface area contributed by atoms with Crippen LogP contribution < -0.4 is 5.73 Å². The molecule has 2 aromatic rings. The average molecular weight is 322 g/mol. The molecule has 0 bridgehead atoms. The maximum absolute atomic E-state index is 14.2. The number of carbonyl (C=O) groups excluding carboxylic acids is 1. The second-order valence-electron chi connectivity index (χ2n) is 5.49. The summed E-state index contributed by atoms with van der Waals surface area (Å²) < 4.78 is 20.2. The Morgan fingerprint density at radius 1 is 1.55 bits per heavy atom. The van der Waals surface area contributed by atoms with Gasteiger partial charge in [-0.05, 0) is 25.0 Å². The molecule has 1 amide bonds. The van der Waals surface area contributed by atoms with Gasteiger partial charge in [-0.3, -0.25) is 4.79 Å². The fourth-order valence-electron chi connectivity index (χ4n) is 3.10. The summed E-state index contributed by atoms with van der Waals surface area (Å²) in [6.07, 6.45) is 1.90. The lowest BCUT2D eigenvalue weighted by molar-refractivity contribution is 0.0742. The summed E-state index contributed by atoms with van der Waals surface area (Å²) in [5.74, 6) is -0.364. The number of ether oxygens (including phenoxy) is 1. The van der Waals surface area contributed by atoms with Gasteiger partial charge in [-0.2, -0.15) is 0 Å². The Bertz CT molecular complexity index is 701. The van der Waals surface area contributed by atoms with Gasteiger partial charge in [-0.15, -0.1) is 11.3 Å². The van der Waals surface area contributed by atoms with Crippen LogP contribution in [0.15, 0.2) is 18.2 Å². The minimum absolute atomic E-state index is 0.0550. The molecular formula is C16H19FN2O2S. The van der Waals surface area contributed by atoms with E-state index in [2.05, 4.69) is 0 Å². The summed E-state index contributed by atoms with van der Waals surface area (Å²) in [6, 6.07) is 5.00. The lowest BCUT2D eigenvalue weighted by atomic mass is 10.1. The molecule has 0 saturated carbocycles. The fourth-order valence-corrected chi connectivity index (χ4v) is 4.28. The second-order valence-corrected chi connectivity index (χ2v) is 6.54. The van der Waals surface area contributed by atoms with Crippen molar-refractivity contribution in [3.8, 4) is 0 Å². The normalized spacial score (nSPS) is 18.3. The maximum Gasteiger partial charge on any atom is 0.264 e. The molecule has 3 rings (SSSR count). The quantitative estimate of drug-likeness (QED) is 0.942. The average Bonchev–Trinajstić information content (AvgIpc) is 3.12. The van der Waals surface area contributed by atoms with E-state index in [1.54, 1.807) is 13.2 Å². The van der Waals surface area contributed by atoms with E-state index in [0.29, 0.717) is 28.9 Å². The highest BCUT2D eigenvalue weighted by Crippen LogP contribution is 2.35. The Morgan fingerprint density at radius 3 is 3.09 bits per heavy atom. The van der Waals surface area contributed by atoms with Crippen molar-refractivity contribution in [3.63, 3.8) is 0 Å². The zero-order chi connectivity index (χ0) is 15.7.